The van der Waals surface area contributed by atoms with Crippen LogP contribution in [0.15, 0.2) is 0 Å². The molecule has 2 aromatic rings. The number of benzene rings is 2. The first-order valence-corrected chi connectivity index (χ1v) is 6.97. The van der Waals surface area contributed by atoms with Gasteiger partial charge in [0.15, 0.2) is 0 Å². The topological polar surface area (TPSA) is 18.5 Å². The van der Waals surface area contributed by atoms with Crippen LogP contribution in [-0.4, -0.2) is 14.2 Å². The third-order valence-electron chi connectivity index (χ3n) is 4.65. The maximum absolute atomic E-state index is 5.62. The molecular weight excluding hydrogens is 248 g/mol. The minimum Gasteiger partial charge on any atom is -0.496 e. The van der Waals surface area contributed by atoms with Gasteiger partial charge in [0.05, 0.1) is 14.2 Å². The lowest BCUT2D eigenvalue weighted by atomic mass is 9.87. The van der Waals surface area contributed by atoms with Crippen molar-refractivity contribution in [3.05, 3.63) is 33.4 Å². The minimum atomic E-state index is 1.00. The highest BCUT2D eigenvalue weighted by atomic mass is 16.5. The van der Waals surface area contributed by atoms with Crippen LogP contribution >= 0.6 is 0 Å². The first-order chi connectivity index (χ1) is 9.36. The Labute approximate surface area is 121 Å². The Bertz CT molecular complexity index is 636. The molecule has 0 aliphatic heterocycles. The van der Waals surface area contributed by atoms with E-state index in [0.29, 0.717) is 0 Å². The van der Waals surface area contributed by atoms with Crippen LogP contribution in [0.25, 0.3) is 10.8 Å². The lowest BCUT2D eigenvalue weighted by Crippen LogP contribution is -2.02. The zero-order valence-electron chi connectivity index (χ0n) is 13.8. The molecule has 0 N–H and O–H groups in total. The molecule has 0 atom stereocenters. The maximum atomic E-state index is 5.62. The van der Waals surface area contributed by atoms with E-state index in [9.17, 15) is 0 Å². The number of methoxy groups -OCH3 is 2. The van der Waals surface area contributed by atoms with Gasteiger partial charge in [0.2, 0.25) is 0 Å². The molecule has 0 aliphatic rings. The van der Waals surface area contributed by atoms with E-state index in [2.05, 4.69) is 41.5 Å². The molecule has 0 saturated heterocycles. The Kier molecular flexibility index (Phi) is 3.68. The van der Waals surface area contributed by atoms with Crippen molar-refractivity contribution < 1.29 is 9.47 Å². The van der Waals surface area contributed by atoms with Gasteiger partial charge in [-0.05, 0) is 85.7 Å². The van der Waals surface area contributed by atoms with E-state index in [1.165, 1.54) is 44.2 Å². The molecule has 2 aromatic carbocycles. The van der Waals surface area contributed by atoms with Gasteiger partial charge in [-0.1, -0.05) is 0 Å². The summed E-state index contributed by atoms with van der Waals surface area (Å²) in [5.74, 6) is 2.00. The van der Waals surface area contributed by atoms with Crippen LogP contribution < -0.4 is 9.47 Å². The molecule has 108 valence electrons. The van der Waals surface area contributed by atoms with Gasteiger partial charge >= 0.3 is 0 Å². The van der Waals surface area contributed by atoms with Gasteiger partial charge in [-0.2, -0.15) is 0 Å². The number of aryl methyl sites for hydroxylation is 4. The molecule has 0 saturated carbocycles. The third kappa shape index (κ3) is 1.78. The van der Waals surface area contributed by atoms with Gasteiger partial charge in [-0.3, -0.25) is 0 Å². The van der Waals surface area contributed by atoms with Crippen molar-refractivity contribution in [2.24, 2.45) is 0 Å². The van der Waals surface area contributed by atoms with Crippen molar-refractivity contribution in [2.75, 3.05) is 14.2 Å². The molecule has 2 heteroatoms. The summed E-state index contributed by atoms with van der Waals surface area (Å²) in [6.07, 6.45) is 0. The number of fused-ring (bicyclic) bond motifs is 1. The second-order valence-corrected chi connectivity index (χ2v) is 5.57. The van der Waals surface area contributed by atoms with Crippen LogP contribution in [0.4, 0.5) is 0 Å². The van der Waals surface area contributed by atoms with Crippen LogP contribution in [0, 0.1) is 41.5 Å². The number of ether oxygens (including phenoxy) is 2. The summed E-state index contributed by atoms with van der Waals surface area (Å²) >= 11 is 0. The van der Waals surface area contributed by atoms with Gasteiger partial charge in [-0.25, -0.2) is 0 Å². The molecule has 0 unspecified atom stereocenters. The molecule has 2 nitrogen and oxygen atoms in total. The van der Waals surface area contributed by atoms with E-state index in [1.54, 1.807) is 14.2 Å². The van der Waals surface area contributed by atoms with Gasteiger partial charge in [0, 0.05) is 0 Å². The average molecular weight is 272 g/mol. The second kappa shape index (κ2) is 5.01. The van der Waals surface area contributed by atoms with Crippen LogP contribution in [-0.2, 0) is 0 Å². The minimum absolute atomic E-state index is 1.00. The molecule has 0 bridgehead atoms. The molecule has 20 heavy (non-hydrogen) atoms. The van der Waals surface area contributed by atoms with Crippen molar-refractivity contribution >= 4 is 10.8 Å². The quantitative estimate of drug-likeness (QED) is 0.788. The van der Waals surface area contributed by atoms with Crippen LogP contribution in [0.5, 0.6) is 11.5 Å². The first kappa shape index (κ1) is 14.7. The van der Waals surface area contributed by atoms with Gasteiger partial charge < -0.3 is 9.47 Å². The van der Waals surface area contributed by atoms with Crippen molar-refractivity contribution in [2.45, 2.75) is 41.5 Å². The highest BCUT2D eigenvalue weighted by Crippen LogP contribution is 2.42. The highest BCUT2D eigenvalue weighted by molar-refractivity contribution is 5.99. The van der Waals surface area contributed by atoms with Crippen molar-refractivity contribution in [1.29, 1.82) is 0 Å². The highest BCUT2D eigenvalue weighted by Gasteiger charge is 2.20. The van der Waals surface area contributed by atoms with Crippen molar-refractivity contribution in [3.8, 4) is 11.5 Å². The van der Waals surface area contributed by atoms with E-state index < -0.39 is 0 Å². The number of hydrogen-bond donors (Lipinski definition) is 0. The fraction of sp³-hybridized carbons (Fsp3) is 0.444. The molecule has 0 spiro atoms. The Morgan fingerprint density at radius 3 is 1.00 bits per heavy atom. The van der Waals surface area contributed by atoms with E-state index in [1.807, 2.05) is 0 Å². The fourth-order valence-electron chi connectivity index (χ4n) is 3.43. The summed E-state index contributed by atoms with van der Waals surface area (Å²) in [6.45, 7) is 12.9. The SMILES string of the molecule is COc1c(C)c(C)c2c(C)c(OC)c(C)c(C)c2c1C. The molecular formula is C18H24O2. The summed E-state index contributed by atoms with van der Waals surface area (Å²) in [5, 5.41) is 2.61. The van der Waals surface area contributed by atoms with Crippen molar-refractivity contribution in [3.63, 3.8) is 0 Å². The molecule has 0 aliphatic carbocycles. The summed E-state index contributed by atoms with van der Waals surface area (Å²) in [5.41, 5.74) is 7.42. The smallest absolute Gasteiger partial charge is 0.125 e. The largest absolute Gasteiger partial charge is 0.496 e. The second-order valence-electron chi connectivity index (χ2n) is 5.57. The number of rotatable bonds is 2. The van der Waals surface area contributed by atoms with E-state index in [4.69, 9.17) is 9.47 Å². The van der Waals surface area contributed by atoms with Crippen molar-refractivity contribution in [1.82, 2.24) is 0 Å². The molecule has 0 heterocycles. The molecule has 0 aromatic heterocycles. The summed E-state index contributed by atoms with van der Waals surface area (Å²) in [4.78, 5) is 0. The number of hydrogen-bond acceptors (Lipinski definition) is 2. The van der Waals surface area contributed by atoms with Crippen LogP contribution in [0.2, 0.25) is 0 Å². The monoisotopic (exact) mass is 272 g/mol. The fourth-order valence-corrected chi connectivity index (χ4v) is 3.43. The summed E-state index contributed by atoms with van der Waals surface area (Å²) < 4.78 is 11.2. The van der Waals surface area contributed by atoms with Gasteiger partial charge in [0.1, 0.15) is 11.5 Å². The molecule has 0 fully saturated rings. The molecule has 0 radical (unpaired) electrons. The lowest BCUT2D eigenvalue weighted by molar-refractivity contribution is 0.407. The predicted octanol–water partition coefficient (Wildman–Crippen LogP) is 4.71. The van der Waals surface area contributed by atoms with E-state index >= 15 is 0 Å². The Hall–Kier alpha value is -1.70. The van der Waals surface area contributed by atoms with E-state index in [0.717, 1.165) is 11.5 Å². The van der Waals surface area contributed by atoms with Gasteiger partial charge in [-0.15, -0.1) is 0 Å². The summed E-state index contributed by atoms with van der Waals surface area (Å²) in [6, 6.07) is 0. The normalized spacial score (nSPS) is 11.0. The Balaban J connectivity index is 3.15. The van der Waals surface area contributed by atoms with E-state index in [-0.39, 0.29) is 0 Å². The Morgan fingerprint density at radius 2 is 0.750 bits per heavy atom. The lowest BCUT2D eigenvalue weighted by Gasteiger charge is -2.22. The van der Waals surface area contributed by atoms with Crippen LogP contribution in [0.1, 0.15) is 33.4 Å². The average Bonchev–Trinajstić information content (AvgIpc) is 2.41. The zero-order chi connectivity index (χ0) is 15.2. The maximum Gasteiger partial charge on any atom is 0.125 e. The third-order valence-corrected chi connectivity index (χ3v) is 4.65. The standard InChI is InChI=1S/C18H24O2/c1-9-11(3)17(19-7)14(6)16-10(2)12(4)18(20-8)13(5)15(9)16/h1-8H3. The summed E-state index contributed by atoms with van der Waals surface area (Å²) in [7, 11) is 3.50. The molecule has 0 amide bonds. The van der Waals surface area contributed by atoms with Crippen LogP contribution in [0.3, 0.4) is 0 Å². The molecule has 2 rings (SSSR count). The Morgan fingerprint density at radius 1 is 0.450 bits per heavy atom. The van der Waals surface area contributed by atoms with Gasteiger partial charge in [0.25, 0.3) is 0 Å². The zero-order valence-corrected chi connectivity index (χ0v) is 13.8. The first-order valence-electron chi connectivity index (χ1n) is 6.97. The predicted molar refractivity (Wildman–Crippen MR) is 85.5 cm³/mol.